The minimum atomic E-state index is -0.00347. The second-order valence-electron chi connectivity index (χ2n) is 7.58. The molecule has 150 valence electrons. The molecule has 0 spiro atoms. The molecule has 0 saturated carbocycles. The van der Waals surface area contributed by atoms with E-state index in [1.54, 1.807) is 30.5 Å². The Kier molecular flexibility index (Phi) is 5.71. The van der Waals surface area contributed by atoms with Gasteiger partial charge in [0, 0.05) is 36.5 Å². The van der Waals surface area contributed by atoms with E-state index in [4.69, 9.17) is 10.2 Å². The summed E-state index contributed by atoms with van der Waals surface area (Å²) >= 11 is 0. The molecule has 0 aliphatic carbocycles. The summed E-state index contributed by atoms with van der Waals surface area (Å²) in [6.07, 6.45) is 3.68. The zero-order valence-electron chi connectivity index (χ0n) is 16.9. The highest BCUT2D eigenvalue weighted by Gasteiger charge is 2.26. The second kappa shape index (κ2) is 8.75. The van der Waals surface area contributed by atoms with Crippen molar-refractivity contribution in [2.45, 2.75) is 25.7 Å². The summed E-state index contributed by atoms with van der Waals surface area (Å²) in [7, 11) is 0. The molecule has 30 heavy (non-hydrogen) atoms. The highest BCUT2D eigenvalue weighted by atomic mass is 16.2. The highest BCUT2D eigenvalue weighted by Crippen LogP contribution is 2.27. The number of aryl methyl sites for hydroxylation is 1. The van der Waals surface area contributed by atoms with Crippen LogP contribution in [0.5, 0.6) is 0 Å². The molecular formula is C24H23N5O. The van der Waals surface area contributed by atoms with Crippen molar-refractivity contribution in [1.82, 2.24) is 14.9 Å². The van der Waals surface area contributed by atoms with Gasteiger partial charge >= 0.3 is 0 Å². The minimum absolute atomic E-state index is 0.00347. The summed E-state index contributed by atoms with van der Waals surface area (Å²) in [4.78, 5) is 23.8. The maximum Gasteiger partial charge on any atom is 0.253 e. The molecule has 1 amide bonds. The van der Waals surface area contributed by atoms with Crippen molar-refractivity contribution in [3.63, 3.8) is 0 Å². The Morgan fingerprint density at radius 1 is 1.13 bits per heavy atom. The van der Waals surface area contributed by atoms with Crippen LogP contribution in [0.25, 0.3) is 0 Å². The summed E-state index contributed by atoms with van der Waals surface area (Å²) in [6.45, 7) is 3.41. The molecule has 1 atom stereocenters. The molecule has 1 saturated heterocycles. The predicted octanol–water partition coefficient (Wildman–Crippen LogP) is 4.42. The largest absolute Gasteiger partial charge is 0.338 e. The number of benzene rings is 2. The average Bonchev–Trinajstić information content (AvgIpc) is 2.80. The molecule has 4 rings (SSSR count). The SMILES string of the molecule is Cc1ccc(Nc2nccc([C@H]3CCCN(C(=O)c4ccc(C#N)cc4)C3)n2)cc1. The number of amides is 1. The van der Waals surface area contributed by atoms with Crippen molar-refractivity contribution >= 4 is 17.5 Å². The van der Waals surface area contributed by atoms with E-state index in [9.17, 15) is 4.79 Å². The molecule has 1 aliphatic heterocycles. The molecule has 2 heterocycles. The van der Waals surface area contributed by atoms with Gasteiger partial charge in [-0.05, 0) is 62.2 Å². The minimum Gasteiger partial charge on any atom is -0.338 e. The first-order chi connectivity index (χ1) is 14.6. The average molecular weight is 397 g/mol. The number of anilines is 2. The first kappa shape index (κ1) is 19.6. The molecule has 1 aromatic heterocycles. The number of nitriles is 1. The summed E-state index contributed by atoms with van der Waals surface area (Å²) in [5.74, 6) is 0.728. The smallest absolute Gasteiger partial charge is 0.253 e. The summed E-state index contributed by atoms with van der Waals surface area (Å²) in [6, 6.07) is 18.9. The molecule has 1 fully saturated rings. The van der Waals surface area contributed by atoms with Crippen LogP contribution in [-0.4, -0.2) is 33.9 Å². The molecule has 6 heteroatoms. The Balaban J connectivity index is 1.46. The van der Waals surface area contributed by atoms with Crippen molar-refractivity contribution in [2.24, 2.45) is 0 Å². The van der Waals surface area contributed by atoms with Gasteiger partial charge in [0.25, 0.3) is 5.91 Å². The van der Waals surface area contributed by atoms with Crippen LogP contribution in [0.1, 0.15) is 45.9 Å². The fourth-order valence-electron chi connectivity index (χ4n) is 3.70. The van der Waals surface area contributed by atoms with Crippen LogP contribution in [0, 0.1) is 18.3 Å². The van der Waals surface area contributed by atoms with E-state index in [1.165, 1.54) is 5.56 Å². The van der Waals surface area contributed by atoms with Crippen LogP contribution >= 0.6 is 0 Å². The molecule has 2 aromatic carbocycles. The Labute approximate surface area is 176 Å². The van der Waals surface area contributed by atoms with Crippen LogP contribution in [0.4, 0.5) is 11.6 Å². The fourth-order valence-corrected chi connectivity index (χ4v) is 3.70. The molecule has 0 bridgehead atoms. The van der Waals surface area contributed by atoms with Crippen LogP contribution in [-0.2, 0) is 0 Å². The van der Waals surface area contributed by atoms with Gasteiger partial charge in [0.1, 0.15) is 0 Å². The van der Waals surface area contributed by atoms with Gasteiger partial charge in [0.15, 0.2) is 0 Å². The molecule has 0 unspecified atom stereocenters. The number of carbonyl (C=O) groups excluding carboxylic acids is 1. The third-order valence-corrected chi connectivity index (χ3v) is 5.37. The lowest BCUT2D eigenvalue weighted by atomic mass is 9.94. The Morgan fingerprint density at radius 2 is 1.90 bits per heavy atom. The monoisotopic (exact) mass is 397 g/mol. The zero-order chi connectivity index (χ0) is 20.9. The topological polar surface area (TPSA) is 81.9 Å². The van der Waals surface area contributed by atoms with Crippen molar-refractivity contribution < 1.29 is 4.79 Å². The van der Waals surface area contributed by atoms with Gasteiger partial charge in [-0.3, -0.25) is 4.79 Å². The van der Waals surface area contributed by atoms with Gasteiger partial charge in [0.05, 0.1) is 17.3 Å². The first-order valence-corrected chi connectivity index (χ1v) is 10.1. The van der Waals surface area contributed by atoms with E-state index >= 15 is 0 Å². The molecule has 6 nitrogen and oxygen atoms in total. The maximum atomic E-state index is 12.9. The van der Waals surface area contributed by atoms with Crippen LogP contribution in [0.3, 0.4) is 0 Å². The summed E-state index contributed by atoms with van der Waals surface area (Å²) in [5, 5.41) is 12.2. The fraction of sp³-hybridized carbons (Fsp3) is 0.250. The van der Waals surface area contributed by atoms with Gasteiger partial charge in [-0.25, -0.2) is 9.97 Å². The van der Waals surface area contributed by atoms with E-state index in [-0.39, 0.29) is 11.8 Å². The normalized spacial score (nSPS) is 16.0. The van der Waals surface area contributed by atoms with Gasteiger partial charge in [0.2, 0.25) is 5.95 Å². The number of rotatable bonds is 4. The van der Waals surface area contributed by atoms with Crippen LogP contribution < -0.4 is 5.32 Å². The standard InChI is InChI=1S/C24H23N5O/c1-17-4-10-21(11-5-17)27-24-26-13-12-22(28-24)20-3-2-14-29(16-20)23(30)19-8-6-18(15-25)7-9-19/h4-13,20H,2-3,14,16H2,1H3,(H,26,27,28)/t20-/m0/s1. The predicted molar refractivity (Wildman–Crippen MR) is 116 cm³/mol. The van der Waals surface area contributed by atoms with Crippen molar-refractivity contribution in [2.75, 3.05) is 18.4 Å². The van der Waals surface area contributed by atoms with E-state index in [0.717, 1.165) is 30.8 Å². The number of hydrogen-bond acceptors (Lipinski definition) is 5. The quantitative estimate of drug-likeness (QED) is 0.705. The van der Waals surface area contributed by atoms with Gasteiger partial charge in [-0.2, -0.15) is 5.26 Å². The van der Waals surface area contributed by atoms with Crippen LogP contribution in [0.15, 0.2) is 60.8 Å². The van der Waals surface area contributed by atoms with E-state index < -0.39 is 0 Å². The number of likely N-dealkylation sites (tertiary alicyclic amines) is 1. The summed E-state index contributed by atoms with van der Waals surface area (Å²) in [5.41, 5.74) is 4.25. The number of carbonyl (C=O) groups is 1. The molecule has 1 aliphatic rings. The third kappa shape index (κ3) is 4.47. The molecule has 0 radical (unpaired) electrons. The van der Waals surface area contributed by atoms with Crippen molar-refractivity contribution in [1.29, 1.82) is 5.26 Å². The van der Waals surface area contributed by atoms with E-state index in [2.05, 4.69) is 23.3 Å². The van der Waals surface area contributed by atoms with Gasteiger partial charge < -0.3 is 10.2 Å². The lowest BCUT2D eigenvalue weighted by Gasteiger charge is -2.32. The lowest BCUT2D eigenvalue weighted by Crippen LogP contribution is -2.39. The van der Waals surface area contributed by atoms with Crippen molar-refractivity contribution in [3.8, 4) is 6.07 Å². The van der Waals surface area contributed by atoms with Gasteiger partial charge in [-0.1, -0.05) is 17.7 Å². The molecular weight excluding hydrogens is 374 g/mol. The number of hydrogen-bond donors (Lipinski definition) is 1. The third-order valence-electron chi connectivity index (χ3n) is 5.37. The van der Waals surface area contributed by atoms with Crippen molar-refractivity contribution in [3.05, 3.63) is 83.2 Å². The van der Waals surface area contributed by atoms with Gasteiger partial charge in [-0.15, -0.1) is 0 Å². The molecule has 1 N–H and O–H groups in total. The second-order valence-corrected chi connectivity index (χ2v) is 7.58. The Morgan fingerprint density at radius 3 is 2.63 bits per heavy atom. The number of aromatic nitrogens is 2. The summed E-state index contributed by atoms with van der Waals surface area (Å²) < 4.78 is 0. The maximum absolute atomic E-state index is 12.9. The Bertz CT molecular complexity index is 1070. The lowest BCUT2D eigenvalue weighted by molar-refractivity contribution is 0.0706. The Hall–Kier alpha value is -3.72. The first-order valence-electron chi connectivity index (χ1n) is 10.1. The number of nitrogens with one attached hydrogen (secondary N) is 1. The molecule has 3 aromatic rings. The number of piperidine rings is 1. The van der Waals surface area contributed by atoms with Crippen LogP contribution in [0.2, 0.25) is 0 Å². The zero-order valence-corrected chi connectivity index (χ0v) is 16.9. The van der Waals surface area contributed by atoms with E-state index in [1.807, 2.05) is 35.2 Å². The van der Waals surface area contributed by atoms with E-state index in [0.29, 0.717) is 23.6 Å². The highest BCUT2D eigenvalue weighted by molar-refractivity contribution is 5.94. The number of nitrogens with zero attached hydrogens (tertiary/aromatic N) is 4.